The van der Waals surface area contributed by atoms with E-state index in [2.05, 4.69) is 25.7 Å². The van der Waals surface area contributed by atoms with Crippen molar-refractivity contribution in [2.24, 2.45) is 5.92 Å². The van der Waals surface area contributed by atoms with Gasteiger partial charge in [0.05, 0.1) is 0 Å². The average Bonchev–Trinajstić information content (AvgIpc) is 2.64. The van der Waals surface area contributed by atoms with E-state index >= 15 is 0 Å². The fraction of sp³-hybridized carbons (Fsp3) is 0.875. The molecule has 1 rings (SSSR count). The quantitative estimate of drug-likeness (QED) is 0.607. The smallest absolute Gasteiger partial charge is 0.0193 e. The predicted molar refractivity (Wildman–Crippen MR) is 39.9 cm³/mol. The summed E-state index contributed by atoms with van der Waals surface area (Å²) >= 11 is 0. The molecule has 1 fully saturated rings. The van der Waals surface area contributed by atoms with Crippen LogP contribution in [0.4, 0.5) is 0 Å². The molecule has 53 valence electrons. The molecule has 0 saturated heterocycles. The van der Waals surface area contributed by atoms with Crippen molar-refractivity contribution in [3.05, 3.63) is 6.54 Å². The summed E-state index contributed by atoms with van der Waals surface area (Å²) < 4.78 is 0. The SMILES string of the molecule is C[CH]NC(CC)C1CC1. The van der Waals surface area contributed by atoms with Crippen LogP contribution in [-0.4, -0.2) is 6.04 Å². The monoisotopic (exact) mass is 126 g/mol. The summed E-state index contributed by atoms with van der Waals surface area (Å²) in [5, 5.41) is 3.37. The first kappa shape index (κ1) is 7.07. The van der Waals surface area contributed by atoms with Crippen LogP contribution in [0.3, 0.4) is 0 Å². The van der Waals surface area contributed by atoms with Gasteiger partial charge in [-0.3, -0.25) is 0 Å². The molecule has 0 aliphatic heterocycles. The molecule has 1 N–H and O–H groups in total. The van der Waals surface area contributed by atoms with Crippen LogP contribution >= 0.6 is 0 Å². The molecule has 1 atom stereocenters. The minimum atomic E-state index is 0.773. The van der Waals surface area contributed by atoms with Crippen LogP contribution < -0.4 is 5.32 Å². The van der Waals surface area contributed by atoms with Crippen LogP contribution in [0.1, 0.15) is 33.1 Å². The zero-order valence-corrected chi connectivity index (χ0v) is 6.35. The molecule has 1 unspecified atom stereocenters. The molecule has 9 heavy (non-hydrogen) atoms. The molecular weight excluding hydrogens is 110 g/mol. The molecular formula is C8H16N. The van der Waals surface area contributed by atoms with Crippen molar-refractivity contribution >= 4 is 0 Å². The lowest BCUT2D eigenvalue weighted by molar-refractivity contribution is 0.489. The third kappa shape index (κ3) is 1.98. The van der Waals surface area contributed by atoms with Crippen LogP contribution in [0.5, 0.6) is 0 Å². The van der Waals surface area contributed by atoms with Crippen molar-refractivity contribution in [1.29, 1.82) is 0 Å². The van der Waals surface area contributed by atoms with E-state index in [4.69, 9.17) is 0 Å². The van der Waals surface area contributed by atoms with Crippen LogP contribution in [0.15, 0.2) is 0 Å². The molecule has 1 saturated carbocycles. The van der Waals surface area contributed by atoms with Gasteiger partial charge in [0.25, 0.3) is 0 Å². The van der Waals surface area contributed by atoms with Gasteiger partial charge in [0.15, 0.2) is 0 Å². The second-order valence-corrected chi connectivity index (χ2v) is 2.81. The van der Waals surface area contributed by atoms with E-state index in [1.165, 1.54) is 19.3 Å². The van der Waals surface area contributed by atoms with Crippen molar-refractivity contribution in [1.82, 2.24) is 5.32 Å². The van der Waals surface area contributed by atoms with E-state index in [0.29, 0.717) is 0 Å². The third-order valence-corrected chi connectivity index (χ3v) is 2.01. The van der Waals surface area contributed by atoms with E-state index in [0.717, 1.165) is 12.0 Å². The van der Waals surface area contributed by atoms with Crippen molar-refractivity contribution in [3.63, 3.8) is 0 Å². The minimum Gasteiger partial charge on any atom is -0.310 e. The van der Waals surface area contributed by atoms with Crippen molar-refractivity contribution < 1.29 is 0 Å². The number of rotatable bonds is 4. The highest BCUT2D eigenvalue weighted by Gasteiger charge is 2.28. The Kier molecular flexibility index (Phi) is 2.52. The highest BCUT2D eigenvalue weighted by molar-refractivity contribution is 4.86. The van der Waals surface area contributed by atoms with E-state index in [1.807, 2.05) is 0 Å². The fourth-order valence-corrected chi connectivity index (χ4v) is 1.30. The molecule has 0 aromatic carbocycles. The zero-order valence-electron chi connectivity index (χ0n) is 6.35. The van der Waals surface area contributed by atoms with Crippen molar-refractivity contribution in [3.8, 4) is 0 Å². The molecule has 1 aliphatic rings. The van der Waals surface area contributed by atoms with Gasteiger partial charge in [-0.15, -0.1) is 0 Å². The lowest BCUT2D eigenvalue weighted by atomic mass is 10.1. The lowest BCUT2D eigenvalue weighted by Crippen LogP contribution is -2.26. The van der Waals surface area contributed by atoms with Gasteiger partial charge >= 0.3 is 0 Å². The maximum absolute atomic E-state index is 3.37. The van der Waals surface area contributed by atoms with Crippen LogP contribution in [0.2, 0.25) is 0 Å². The highest BCUT2D eigenvalue weighted by Crippen LogP contribution is 2.33. The number of hydrogen-bond donors (Lipinski definition) is 1. The normalized spacial score (nSPS) is 22.0. The Balaban J connectivity index is 2.12. The molecule has 1 radical (unpaired) electrons. The van der Waals surface area contributed by atoms with Crippen molar-refractivity contribution in [2.75, 3.05) is 0 Å². The van der Waals surface area contributed by atoms with Gasteiger partial charge in [-0.05, 0) is 32.1 Å². The van der Waals surface area contributed by atoms with Gasteiger partial charge in [0.2, 0.25) is 0 Å². The summed E-state index contributed by atoms with van der Waals surface area (Å²) in [5.41, 5.74) is 0. The van der Waals surface area contributed by atoms with E-state index < -0.39 is 0 Å². The molecule has 0 amide bonds. The molecule has 0 aromatic heterocycles. The van der Waals surface area contributed by atoms with Gasteiger partial charge in [-0.25, -0.2) is 0 Å². The molecule has 1 nitrogen and oxygen atoms in total. The summed E-state index contributed by atoms with van der Waals surface area (Å²) in [6, 6.07) is 0.773. The van der Waals surface area contributed by atoms with E-state index in [1.54, 1.807) is 0 Å². The first-order valence-corrected chi connectivity index (χ1v) is 3.92. The first-order valence-electron chi connectivity index (χ1n) is 3.92. The molecule has 0 spiro atoms. The van der Waals surface area contributed by atoms with Crippen LogP contribution in [0, 0.1) is 12.5 Å². The summed E-state index contributed by atoms with van der Waals surface area (Å²) in [6.07, 6.45) is 4.16. The topological polar surface area (TPSA) is 12.0 Å². The summed E-state index contributed by atoms with van der Waals surface area (Å²) in [6.45, 7) is 6.37. The Hall–Kier alpha value is -0.0400. The fourth-order valence-electron chi connectivity index (χ4n) is 1.30. The van der Waals surface area contributed by atoms with Crippen LogP contribution in [0.25, 0.3) is 0 Å². The van der Waals surface area contributed by atoms with Gasteiger partial charge < -0.3 is 5.32 Å². The standard InChI is InChI=1S/C8H16N/c1-3-8(9-4-2)7-5-6-7/h4,7-9H,3,5-6H2,1-2H3. The molecule has 1 aliphatic carbocycles. The average molecular weight is 126 g/mol. The summed E-state index contributed by atoms with van der Waals surface area (Å²) in [4.78, 5) is 0. The Bertz CT molecular complexity index is 76.6. The Morgan fingerprint density at radius 3 is 2.67 bits per heavy atom. The third-order valence-electron chi connectivity index (χ3n) is 2.01. The van der Waals surface area contributed by atoms with E-state index in [9.17, 15) is 0 Å². The number of hydrogen-bond acceptors (Lipinski definition) is 1. The maximum Gasteiger partial charge on any atom is 0.0193 e. The van der Waals surface area contributed by atoms with Gasteiger partial charge in [0, 0.05) is 12.6 Å². The van der Waals surface area contributed by atoms with Gasteiger partial charge in [-0.2, -0.15) is 0 Å². The molecule has 1 heteroatoms. The molecule has 0 heterocycles. The Labute approximate surface area is 57.8 Å². The molecule has 0 aromatic rings. The van der Waals surface area contributed by atoms with E-state index in [-0.39, 0.29) is 0 Å². The predicted octanol–water partition coefficient (Wildman–Crippen LogP) is 1.95. The maximum atomic E-state index is 3.37. The van der Waals surface area contributed by atoms with Gasteiger partial charge in [-0.1, -0.05) is 6.92 Å². The molecule has 0 bridgehead atoms. The summed E-state index contributed by atoms with van der Waals surface area (Å²) in [7, 11) is 0. The minimum absolute atomic E-state index is 0.773. The van der Waals surface area contributed by atoms with Gasteiger partial charge in [0.1, 0.15) is 0 Å². The zero-order chi connectivity index (χ0) is 6.69. The largest absolute Gasteiger partial charge is 0.310 e. The lowest BCUT2D eigenvalue weighted by Gasteiger charge is -2.13. The first-order chi connectivity index (χ1) is 4.38. The number of nitrogens with one attached hydrogen (secondary N) is 1. The summed E-state index contributed by atoms with van der Waals surface area (Å²) in [5.74, 6) is 0.992. The van der Waals surface area contributed by atoms with Crippen molar-refractivity contribution in [2.45, 2.75) is 39.2 Å². The second kappa shape index (κ2) is 3.21. The highest BCUT2D eigenvalue weighted by atomic mass is 14.9. The van der Waals surface area contributed by atoms with Crippen LogP contribution in [-0.2, 0) is 0 Å². The Morgan fingerprint density at radius 1 is 1.67 bits per heavy atom. The Morgan fingerprint density at radius 2 is 2.33 bits per heavy atom. The second-order valence-electron chi connectivity index (χ2n) is 2.81.